The fourth-order valence-electron chi connectivity index (χ4n) is 3.47. The molecule has 1 aliphatic carbocycles. The number of ether oxygens (including phenoxy) is 1. The largest absolute Gasteiger partial charge is 0.497 e. The van der Waals surface area contributed by atoms with Crippen LogP contribution in [0.3, 0.4) is 0 Å². The second-order valence-electron chi connectivity index (χ2n) is 6.81. The Labute approximate surface area is 164 Å². The number of aromatic amines is 1. The van der Waals surface area contributed by atoms with Gasteiger partial charge in [-0.2, -0.15) is 5.10 Å². The van der Waals surface area contributed by atoms with Crippen molar-refractivity contribution < 1.29 is 4.74 Å². The summed E-state index contributed by atoms with van der Waals surface area (Å²) < 4.78 is 5.17. The van der Waals surface area contributed by atoms with Gasteiger partial charge >= 0.3 is 0 Å². The number of aryl methyl sites for hydroxylation is 1. The van der Waals surface area contributed by atoms with Gasteiger partial charge in [0.2, 0.25) is 0 Å². The van der Waals surface area contributed by atoms with Gasteiger partial charge in [-0.3, -0.25) is 5.10 Å². The van der Waals surface area contributed by atoms with Gasteiger partial charge in [-0.1, -0.05) is 12.1 Å². The molecule has 28 heavy (non-hydrogen) atoms. The Morgan fingerprint density at radius 3 is 2.82 bits per heavy atom. The molecule has 0 bridgehead atoms. The maximum absolute atomic E-state index is 6.10. The number of guanidine groups is 1. The summed E-state index contributed by atoms with van der Waals surface area (Å²) in [5.74, 6) is 2.45. The van der Waals surface area contributed by atoms with Crippen LogP contribution in [0, 0.1) is 0 Å². The molecule has 0 aliphatic heterocycles. The van der Waals surface area contributed by atoms with E-state index in [0.717, 1.165) is 29.8 Å². The van der Waals surface area contributed by atoms with Crippen LogP contribution in [0.2, 0.25) is 0 Å². The van der Waals surface area contributed by atoms with Crippen LogP contribution in [0.4, 0.5) is 5.69 Å². The van der Waals surface area contributed by atoms with E-state index in [9.17, 15) is 0 Å². The number of hydrogen-bond donors (Lipinski definition) is 3. The van der Waals surface area contributed by atoms with E-state index < -0.39 is 0 Å². The van der Waals surface area contributed by atoms with Crippen LogP contribution in [-0.4, -0.2) is 28.3 Å². The molecule has 7 heteroatoms. The Morgan fingerprint density at radius 2 is 2.00 bits per heavy atom. The molecule has 1 heterocycles. The molecule has 7 nitrogen and oxygen atoms in total. The summed E-state index contributed by atoms with van der Waals surface area (Å²) in [4.78, 5) is 8.89. The molecular weight excluding hydrogens is 352 g/mol. The van der Waals surface area contributed by atoms with Crippen LogP contribution in [0.5, 0.6) is 5.75 Å². The van der Waals surface area contributed by atoms with Crippen molar-refractivity contribution in [3.8, 4) is 17.1 Å². The van der Waals surface area contributed by atoms with Gasteiger partial charge in [0.25, 0.3) is 0 Å². The van der Waals surface area contributed by atoms with Gasteiger partial charge in [-0.05, 0) is 67.1 Å². The smallest absolute Gasteiger partial charge is 0.193 e. The van der Waals surface area contributed by atoms with E-state index in [1.807, 2.05) is 24.3 Å². The van der Waals surface area contributed by atoms with Crippen LogP contribution < -0.4 is 15.8 Å². The molecule has 0 fully saturated rings. The van der Waals surface area contributed by atoms with Gasteiger partial charge in [0.05, 0.1) is 7.11 Å². The molecule has 2 aromatic carbocycles. The lowest BCUT2D eigenvalue weighted by molar-refractivity contribution is 0.415. The highest BCUT2D eigenvalue weighted by Crippen LogP contribution is 2.27. The zero-order valence-corrected chi connectivity index (χ0v) is 15.9. The maximum atomic E-state index is 6.10. The maximum Gasteiger partial charge on any atom is 0.193 e. The third-order valence-corrected chi connectivity index (χ3v) is 4.94. The van der Waals surface area contributed by atoms with Crippen LogP contribution in [0.25, 0.3) is 11.4 Å². The molecule has 4 N–H and O–H groups in total. The minimum atomic E-state index is 0.330. The lowest BCUT2D eigenvalue weighted by Gasteiger charge is -2.19. The van der Waals surface area contributed by atoms with Gasteiger partial charge in [-0.25, -0.2) is 9.98 Å². The van der Waals surface area contributed by atoms with E-state index in [4.69, 9.17) is 10.5 Å². The van der Waals surface area contributed by atoms with Gasteiger partial charge < -0.3 is 15.8 Å². The summed E-state index contributed by atoms with van der Waals surface area (Å²) in [6.45, 7) is 0.330. The number of aliphatic imine (C=N–C) groups is 1. The highest BCUT2D eigenvalue weighted by atomic mass is 16.5. The first kappa shape index (κ1) is 18.0. The number of aromatic nitrogens is 3. The molecule has 0 spiro atoms. The first-order valence-electron chi connectivity index (χ1n) is 9.46. The normalized spacial score (nSPS) is 13.8. The zero-order valence-electron chi connectivity index (χ0n) is 15.9. The summed E-state index contributed by atoms with van der Waals surface area (Å²) in [5, 5.41) is 10.4. The Balaban J connectivity index is 1.42. The van der Waals surface area contributed by atoms with Crippen molar-refractivity contribution >= 4 is 11.6 Å². The number of nitrogens with two attached hydrogens (primary N) is 1. The number of nitrogens with zero attached hydrogens (tertiary/aromatic N) is 3. The monoisotopic (exact) mass is 376 g/mol. The number of benzene rings is 2. The molecular formula is C21H24N6O. The van der Waals surface area contributed by atoms with Crippen molar-refractivity contribution in [1.82, 2.24) is 15.2 Å². The summed E-state index contributed by atoms with van der Waals surface area (Å²) >= 11 is 0. The number of anilines is 1. The van der Waals surface area contributed by atoms with Crippen molar-refractivity contribution in [2.24, 2.45) is 10.7 Å². The number of H-pyrrole nitrogens is 1. The van der Waals surface area contributed by atoms with Crippen LogP contribution >= 0.6 is 0 Å². The van der Waals surface area contributed by atoms with Crippen molar-refractivity contribution in [2.75, 3.05) is 12.4 Å². The number of nitrogens with one attached hydrogen (secondary N) is 2. The first-order chi connectivity index (χ1) is 13.7. The molecule has 0 atom stereocenters. The fourth-order valence-corrected chi connectivity index (χ4v) is 3.47. The molecule has 0 amide bonds. The third kappa shape index (κ3) is 3.98. The minimum absolute atomic E-state index is 0.330. The van der Waals surface area contributed by atoms with E-state index in [1.54, 1.807) is 7.11 Å². The fraction of sp³-hybridized carbons (Fsp3) is 0.286. The summed E-state index contributed by atoms with van der Waals surface area (Å²) in [5.41, 5.74) is 10.8. The molecule has 0 saturated heterocycles. The van der Waals surface area contributed by atoms with E-state index in [1.165, 1.54) is 24.0 Å². The molecule has 1 aliphatic rings. The first-order valence-corrected chi connectivity index (χ1v) is 9.46. The van der Waals surface area contributed by atoms with E-state index >= 15 is 0 Å². The quantitative estimate of drug-likeness (QED) is 0.468. The van der Waals surface area contributed by atoms with Crippen LogP contribution in [-0.2, 0) is 19.4 Å². The molecule has 3 aromatic rings. The molecule has 0 saturated carbocycles. The van der Waals surface area contributed by atoms with Crippen molar-refractivity contribution in [3.05, 3.63) is 59.4 Å². The lowest BCUT2D eigenvalue weighted by atomic mass is 9.90. The number of fused-ring (bicyclic) bond motifs is 1. The Kier molecular flexibility index (Phi) is 5.23. The molecule has 144 valence electrons. The molecule has 0 unspecified atom stereocenters. The Bertz CT molecular complexity index is 977. The second-order valence-corrected chi connectivity index (χ2v) is 6.81. The average molecular weight is 376 g/mol. The van der Waals surface area contributed by atoms with Gasteiger partial charge in [0.15, 0.2) is 11.8 Å². The van der Waals surface area contributed by atoms with E-state index in [2.05, 4.69) is 43.7 Å². The number of hydrogen-bond acceptors (Lipinski definition) is 4. The van der Waals surface area contributed by atoms with Gasteiger partial charge in [0, 0.05) is 11.3 Å². The summed E-state index contributed by atoms with van der Waals surface area (Å²) in [6.07, 6.45) is 4.68. The van der Waals surface area contributed by atoms with E-state index in [-0.39, 0.29) is 0 Å². The van der Waals surface area contributed by atoms with Crippen LogP contribution in [0.1, 0.15) is 29.8 Å². The van der Waals surface area contributed by atoms with Gasteiger partial charge in [-0.15, -0.1) is 0 Å². The average Bonchev–Trinajstić information content (AvgIpc) is 3.22. The van der Waals surface area contributed by atoms with Crippen molar-refractivity contribution in [1.29, 1.82) is 0 Å². The highest BCUT2D eigenvalue weighted by molar-refractivity contribution is 5.93. The Hall–Kier alpha value is -3.35. The second kappa shape index (κ2) is 8.12. The number of rotatable bonds is 5. The minimum Gasteiger partial charge on any atom is -0.497 e. The Morgan fingerprint density at radius 1 is 1.18 bits per heavy atom. The predicted molar refractivity (Wildman–Crippen MR) is 110 cm³/mol. The van der Waals surface area contributed by atoms with Crippen LogP contribution in [0.15, 0.2) is 47.5 Å². The molecule has 4 rings (SSSR count). The number of methoxy groups -OCH3 is 1. The predicted octanol–water partition coefficient (Wildman–Crippen LogP) is 3.29. The van der Waals surface area contributed by atoms with Crippen molar-refractivity contribution in [2.45, 2.75) is 32.2 Å². The van der Waals surface area contributed by atoms with Gasteiger partial charge in [0.1, 0.15) is 18.1 Å². The SMILES string of the molecule is COc1ccc(-c2n[nH]c(CN=C(N)Nc3cccc4c3CCCC4)n2)cc1. The highest BCUT2D eigenvalue weighted by Gasteiger charge is 2.13. The zero-order chi connectivity index (χ0) is 19.3. The molecule has 1 aromatic heterocycles. The molecule has 0 radical (unpaired) electrons. The third-order valence-electron chi connectivity index (χ3n) is 4.94. The van der Waals surface area contributed by atoms with Crippen molar-refractivity contribution in [3.63, 3.8) is 0 Å². The standard InChI is InChI=1S/C21H24N6O/c1-28-16-11-9-15(10-12-16)20-25-19(26-27-20)13-23-21(22)24-18-8-4-6-14-5-2-3-7-17(14)18/h4,6,8-12H,2-3,5,7,13H2,1H3,(H3,22,23,24)(H,25,26,27). The lowest BCUT2D eigenvalue weighted by Crippen LogP contribution is -2.24. The summed E-state index contributed by atoms with van der Waals surface area (Å²) in [7, 11) is 1.64. The van der Waals surface area contributed by atoms with E-state index in [0.29, 0.717) is 24.2 Å². The summed E-state index contributed by atoms with van der Waals surface area (Å²) in [6, 6.07) is 13.9. The topological polar surface area (TPSA) is 101 Å².